The molecule has 0 radical (unpaired) electrons. The lowest BCUT2D eigenvalue weighted by atomic mass is 10.0. The zero-order valence-electron chi connectivity index (χ0n) is 11.0. The lowest BCUT2D eigenvalue weighted by Crippen LogP contribution is -2.43. The predicted octanol–water partition coefficient (Wildman–Crippen LogP) is 0.663. The maximum Gasteiger partial charge on any atom is 0.150 e. The van der Waals surface area contributed by atoms with Gasteiger partial charge in [-0.2, -0.15) is 0 Å². The van der Waals surface area contributed by atoms with Crippen LogP contribution in [0.4, 0.5) is 0 Å². The Kier molecular flexibility index (Phi) is 5.21. The van der Waals surface area contributed by atoms with Crippen LogP contribution in [0.5, 0.6) is 0 Å². The van der Waals surface area contributed by atoms with E-state index in [2.05, 4.69) is 22.4 Å². The monoisotopic (exact) mass is 272 g/mol. The van der Waals surface area contributed by atoms with Crippen LogP contribution in [0, 0.1) is 5.92 Å². The highest BCUT2D eigenvalue weighted by atomic mass is 32.2. The second-order valence-electron chi connectivity index (χ2n) is 5.38. The fourth-order valence-electron chi connectivity index (χ4n) is 2.71. The first-order valence-electron chi connectivity index (χ1n) is 6.94. The molecule has 0 aromatic heterocycles. The summed E-state index contributed by atoms with van der Waals surface area (Å²) in [6, 6.07) is 0. The number of allylic oxidation sites excluding steroid dienone is 1. The Labute approximate surface area is 110 Å². The van der Waals surface area contributed by atoms with E-state index in [0.717, 1.165) is 52.0 Å². The number of nitrogens with zero attached hydrogens (tertiary/aromatic N) is 1. The molecule has 2 heterocycles. The van der Waals surface area contributed by atoms with Crippen molar-refractivity contribution in [1.82, 2.24) is 10.2 Å². The van der Waals surface area contributed by atoms with Crippen LogP contribution in [0.1, 0.15) is 19.3 Å². The van der Waals surface area contributed by atoms with Crippen molar-refractivity contribution in [2.24, 2.45) is 5.92 Å². The Morgan fingerprint density at radius 2 is 2.00 bits per heavy atom. The van der Waals surface area contributed by atoms with Gasteiger partial charge in [-0.25, -0.2) is 8.42 Å². The van der Waals surface area contributed by atoms with Crippen LogP contribution in [0.15, 0.2) is 12.2 Å². The molecule has 5 heteroatoms. The quantitative estimate of drug-likeness (QED) is 0.764. The Morgan fingerprint density at radius 3 is 2.72 bits per heavy atom. The van der Waals surface area contributed by atoms with Crippen molar-refractivity contribution in [3.63, 3.8) is 0 Å². The normalized spacial score (nSPS) is 29.7. The summed E-state index contributed by atoms with van der Waals surface area (Å²) in [5.41, 5.74) is 0. The number of sulfone groups is 1. The van der Waals surface area contributed by atoms with Gasteiger partial charge in [0.05, 0.1) is 11.5 Å². The van der Waals surface area contributed by atoms with Crippen molar-refractivity contribution in [1.29, 1.82) is 0 Å². The van der Waals surface area contributed by atoms with Crippen LogP contribution in [-0.4, -0.2) is 57.5 Å². The number of piperazine rings is 1. The van der Waals surface area contributed by atoms with E-state index in [1.54, 1.807) is 0 Å². The number of rotatable bonds is 4. The minimum absolute atomic E-state index is 0.350. The second kappa shape index (κ2) is 6.68. The minimum atomic E-state index is -2.74. The SMILES string of the molecule is O=S1(=O)CCCC(C/C=C\CN2CCNCC2)C1. The molecule has 0 aromatic rings. The topological polar surface area (TPSA) is 49.4 Å². The Balaban J connectivity index is 1.67. The number of hydrogen-bond acceptors (Lipinski definition) is 4. The van der Waals surface area contributed by atoms with E-state index >= 15 is 0 Å². The maximum absolute atomic E-state index is 11.5. The molecule has 0 spiro atoms. The highest BCUT2D eigenvalue weighted by molar-refractivity contribution is 7.91. The van der Waals surface area contributed by atoms with E-state index in [-0.39, 0.29) is 0 Å². The molecule has 1 N–H and O–H groups in total. The van der Waals surface area contributed by atoms with E-state index < -0.39 is 9.84 Å². The summed E-state index contributed by atoms with van der Waals surface area (Å²) in [6.45, 7) is 5.38. The zero-order chi connectivity index (χ0) is 12.8. The van der Waals surface area contributed by atoms with Crippen molar-refractivity contribution in [2.75, 3.05) is 44.2 Å². The first-order chi connectivity index (χ1) is 8.66. The van der Waals surface area contributed by atoms with Crippen LogP contribution in [0.3, 0.4) is 0 Å². The van der Waals surface area contributed by atoms with Crippen LogP contribution in [-0.2, 0) is 9.84 Å². The van der Waals surface area contributed by atoms with Gasteiger partial charge in [0.25, 0.3) is 0 Å². The molecule has 0 aromatic carbocycles. The van der Waals surface area contributed by atoms with Crippen LogP contribution < -0.4 is 5.32 Å². The Bertz CT molecular complexity index is 372. The van der Waals surface area contributed by atoms with Gasteiger partial charge >= 0.3 is 0 Å². The average molecular weight is 272 g/mol. The average Bonchev–Trinajstić information content (AvgIpc) is 2.35. The maximum atomic E-state index is 11.5. The fraction of sp³-hybridized carbons (Fsp3) is 0.846. The molecule has 1 atom stereocenters. The molecule has 2 fully saturated rings. The van der Waals surface area contributed by atoms with E-state index in [1.807, 2.05) is 0 Å². The summed E-state index contributed by atoms with van der Waals surface area (Å²) in [5.74, 6) is 1.14. The molecule has 2 rings (SSSR count). The van der Waals surface area contributed by atoms with Crippen molar-refractivity contribution < 1.29 is 8.42 Å². The molecule has 2 aliphatic rings. The van der Waals surface area contributed by atoms with Gasteiger partial charge < -0.3 is 5.32 Å². The minimum Gasteiger partial charge on any atom is -0.314 e. The third-order valence-corrected chi connectivity index (χ3v) is 5.66. The summed E-state index contributed by atoms with van der Waals surface area (Å²) in [6.07, 6.45) is 7.21. The highest BCUT2D eigenvalue weighted by Crippen LogP contribution is 2.21. The summed E-state index contributed by atoms with van der Waals surface area (Å²) >= 11 is 0. The molecule has 2 saturated heterocycles. The van der Waals surface area contributed by atoms with E-state index in [1.165, 1.54) is 0 Å². The third-order valence-electron chi connectivity index (χ3n) is 3.77. The summed E-state index contributed by atoms with van der Waals surface area (Å²) < 4.78 is 23.0. The van der Waals surface area contributed by atoms with Gasteiger partial charge in [0.2, 0.25) is 0 Å². The zero-order valence-corrected chi connectivity index (χ0v) is 11.8. The first kappa shape index (κ1) is 14.0. The van der Waals surface area contributed by atoms with Gasteiger partial charge in [0.15, 0.2) is 9.84 Å². The van der Waals surface area contributed by atoms with Crippen LogP contribution in [0.2, 0.25) is 0 Å². The molecule has 2 aliphatic heterocycles. The van der Waals surface area contributed by atoms with Crippen molar-refractivity contribution >= 4 is 9.84 Å². The third kappa shape index (κ3) is 4.71. The van der Waals surface area contributed by atoms with Gasteiger partial charge in [-0.1, -0.05) is 12.2 Å². The number of nitrogens with one attached hydrogen (secondary N) is 1. The second-order valence-corrected chi connectivity index (χ2v) is 7.61. The summed E-state index contributed by atoms with van der Waals surface area (Å²) in [4.78, 5) is 2.42. The molecule has 0 bridgehead atoms. The molecule has 0 saturated carbocycles. The van der Waals surface area contributed by atoms with Crippen molar-refractivity contribution in [3.05, 3.63) is 12.2 Å². The molecule has 1 unspecified atom stereocenters. The summed E-state index contributed by atoms with van der Waals surface area (Å²) in [7, 11) is -2.74. The smallest absolute Gasteiger partial charge is 0.150 e. The molecule has 4 nitrogen and oxygen atoms in total. The van der Waals surface area contributed by atoms with Crippen molar-refractivity contribution in [2.45, 2.75) is 19.3 Å². The van der Waals surface area contributed by atoms with E-state index in [0.29, 0.717) is 17.4 Å². The Hall–Kier alpha value is -0.390. The van der Waals surface area contributed by atoms with Gasteiger partial charge in [-0.05, 0) is 25.2 Å². The van der Waals surface area contributed by atoms with Gasteiger partial charge in [0.1, 0.15) is 0 Å². The Morgan fingerprint density at radius 1 is 1.22 bits per heavy atom. The molecule has 18 heavy (non-hydrogen) atoms. The van der Waals surface area contributed by atoms with E-state index in [9.17, 15) is 8.42 Å². The standard InChI is InChI=1S/C13H24N2O2S/c16-18(17)11-3-5-13(12-18)4-1-2-8-15-9-6-14-7-10-15/h1-2,13-14H,3-12H2/b2-1-. The molecule has 0 amide bonds. The largest absolute Gasteiger partial charge is 0.314 e. The number of hydrogen-bond donors (Lipinski definition) is 1. The van der Waals surface area contributed by atoms with Gasteiger partial charge in [-0.3, -0.25) is 4.90 Å². The lowest BCUT2D eigenvalue weighted by molar-refractivity contribution is 0.264. The molecular formula is C13H24N2O2S. The van der Waals surface area contributed by atoms with Crippen molar-refractivity contribution in [3.8, 4) is 0 Å². The van der Waals surface area contributed by atoms with Gasteiger partial charge in [0, 0.05) is 32.7 Å². The molecular weight excluding hydrogens is 248 g/mol. The van der Waals surface area contributed by atoms with E-state index in [4.69, 9.17) is 0 Å². The predicted molar refractivity (Wildman–Crippen MR) is 74.4 cm³/mol. The van der Waals surface area contributed by atoms with Gasteiger partial charge in [-0.15, -0.1) is 0 Å². The highest BCUT2D eigenvalue weighted by Gasteiger charge is 2.23. The van der Waals surface area contributed by atoms with Crippen LogP contribution >= 0.6 is 0 Å². The first-order valence-corrected chi connectivity index (χ1v) is 8.76. The molecule has 104 valence electrons. The van der Waals surface area contributed by atoms with Crippen LogP contribution in [0.25, 0.3) is 0 Å². The molecule has 0 aliphatic carbocycles. The fourth-order valence-corrected chi connectivity index (χ4v) is 4.50. The lowest BCUT2D eigenvalue weighted by Gasteiger charge is -2.26. The summed E-state index contributed by atoms with van der Waals surface area (Å²) in [5, 5.41) is 3.33.